The lowest BCUT2D eigenvalue weighted by molar-refractivity contribution is -0.137. The van der Waals surface area contributed by atoms with Crippen LogP contribution in [-0.2, 0) is 4.79 Å². The number of carbonyl (C=O) groups is 1. The Labute approximate surface area is 104 Å². The number of carboxylic acids is 1. The zero-order chi connectivity index (χ0) is 12.8. The van der Waals surface area contributed by atoms with Crippen molar-refractivity contribution in [2.24, 2.45) is 11.7 Å². The lowest BCUT2D eigenvalue weighted by Crippen LogP contribution is -2.41. The molecule has 4 heteroatoms. The van der Waals surface area contributed by atoms with Crippen LogP contribution < -0.4 is 5.73 Å². The second-order valence-electron chi connectivity index (χ2n) is 5.05. The van der Waals surface area contributed by atoms with Gasteiger partial charge in [-0.25, -0.2) is 0 Å². The molecule has 17 heavy (non-hydrogen) atoms. The molecule has 1 unspecified atom stereocenters. The first-order valence-corrected chi connectivity index (χ1v) is 6.79. The van der Waals surface area contributed by atoms with E-state index in [-0.39, 0.29) is 12.5 Å². The lowest BCUT2D eigenvalue weighted by atomic mass is 9.80. The highest BCUT2D eigenvalue weighted by molar-refractivity contribution is 5.67. The fourth-order valence-electron chi connectivity index (χ4n) is 3.00. The Bertz CT molecular complexity index is 234. The molecule has 0 radical (unpaired) electrons. The van der Waals surface area contributed by atoms with E-state index >= 15 is 0 Å². The van der Waals surface area contributed by atoms with E-state index in [2.05, 4.69) is 18.7 Å². The van der Waals surface area contributed by atoms with Gasteiger partial charge < -0.3 is 15.7 Å². The van der Waals surface area contributed by atoms with Gasteiger partial charge in [-0.05, 0) is 44.7 Å². The molecule has 0 bridgehead atoms. The van der Waals surface area contributed by atoms with Crippen molar-refractivity contribution in [1.29, 1.82) is 0 Å². The first kappa shape index (κ1) is 14.5. The van der Waals surface area contributed by atoms with Crippen LogP contribution in [0.1, 0.15) is 46.0 Å². The quantitative estimate of drug-likeness (QED) is 0.744. The largest absolute Gasteiger partial charge is 0.481 e. The molecule has 0 aliphatic heterocycles. The summed E-state index contributed by atoms with van der Waals surface area (Å²) in [6.45, 7) is 6.61. The summed E-state index contributed by atoms with van der Waals surface area (Å²) in [5.74, 6) is -0.374. The Morgan fingerprint density at radius 1 is 1.29 bits per heavy atom. The molecular weight excluding hydrogens is 216 g/mol. The van der Waals surface area contributed by atoms with Crippen LogP contribution in [0.25, 0.3) is 0 Å². The average Bonchev–Trinajstić information content (AvgIpc) is 2.30. The monoisotopic (exact) mass is 242 g/mol. The normalized spacial score (nSPS) is 27.1. The van der Waals surface area contributed by atoms with Crippen LogP contribution in [0.15, 0.2) is 0 Å². The van der Waals surface area contributed by atoms with E-state index in [1.807, 2.05) is 0 Å². The number of carboxylic acid groups (broad SMARTS) is 1. The predicted molar refractivity (Wildman–Crippen MR) is 68.9 cm³/mol. The highest BCUT2D eigenvalue weighted by Gasteiger charge is 2.28. The van der Waals surface area contributed by atoms with Gasteiger partial charge in [-0.2, -0.15) is 0 Å². The van der Waals surface area contributed by atoms with Gasteiger partial charge in [0.2, 0.25) is 0 Å². The fraction of sp³-hybridized carbons (Fsp3) is 0.923. The van der Waals surface area contributed by atoms with Crippen molar-refractivity contribution in [1.82, 2.24) is 4.90 Å². The van der Waals surface area contributed by atoms with E-state index in [0.717, 1.165) is 25.9 Å². The number of nitrogens with two attached hydrogens (primary N) is 1. The molecular formula is C13H26N2O2. The topological polar surface area (TPSA) is 66.6 Å². The van der Waals surface area contributed by atoms with E-state index in [4.69, 9.17) is 10.8 Å². The molecule has 1 saturated carbocycles. The Hall–Kier alpha value is -0.610. The van der Waals surface area contributed by atoms with Crippen LogP contribution in [0.4, 0.5) is 0 Å². The highest BCUT2D eigenvalue weighted by Crippen LogP contribution is 2.29. The van der Waals surface area contributed by atoms with Gasteiger partial charge in [0, 0.05) is 12.1 Å². The first-order valence-electron chi connectivity index (χ1n) is 6.79. The standard InChI is InChI=1S/C13H26N2O2/c1-3-15(4-2)11-7-5-10(6-8-11)12(14)9-13(16)17/h10-12H,3-9,14H2,1-2H3,(H,16,17). The molecule has 0 aromatic carbocycles. The minimum Gasteiger partial charge on any atom is -0.481 e. The van der Waals surface area contributed by atoms with Gasteiger partial charge in [0.15, 0.2) is 0 Å². The maximum absolute atomic E-state index is 10.6. The summed E-state index contributed by atoms with van der Waals surface area (Å²) in [6, 6.07) is 0.517. The molecule has 0 aromatic heterocycles. The molecule has 1 aliphatic carbocycles. The molecule has 100 valence electrons. The van der Waals surface area contributed by atoms with Gasteiger partial charge in [-0.3, -0.25) is 4.79 Å². The third-order valence-corrected chi connectivity index (χ3v) is 4.09. The van der Waals surface area contributed by atoms with Gasteiger partial charge in [0.05, 0.1) is 6.42 Å². The van der Waals surface area contributed by atoms with E-state index in [9.17, 15) is 4.79 Å². The summed E-state index contributed by atoms with van der Waals surface area (Å²) in [5, 5.41) is 8.74. The summed E-state index contributed by atoms with van der Waals surface area (Å²) in [6.07, 6.45) is 4.60. The summed E-state index contributed by atoms with van der Waals surface area (Å²) in [5.41, 5.74) is 5.94. The Kier molecular flexibility index (Phi) is 5.92. The van der Waals surface area contributed by atoms with Gasteiger partial charge >= 0.3 is 5.97 Å². The van der Waals surface area contributed by atoms with Crippen LogP contribution in [0.2, 0.25) is 0 Å². The van der Waals surface area contributed by atoms with Crippen LogP contribution in [0, 0.1) is 5.92 Å². The molecule has 1 atom stereocenters. The fourth-order valence-corrected chi connectivity index (χ4v) is 3.00. The molecule has 4 nitrogen and oxygen atoms in total. The van der Waals surface area contributed by atoms with Crippen LogP contribution >= 0.6 is 0 Å². The van der Waals surface area contributed by atoms with Gasteiger partial charge in [0.25, 0.3) is 0 Å². The van der Waals surface area contributed by atoms with Crippen molar-refractivity contribution in [2.75, 3.05) is 13.1 Å². The average molecular weight is 242 g/mol. The molecule has 1 rings (SSSR count). The van der Waals surface area contributed by atoms with Gasteiger partial charge in [-0.15, -0.1) is 0 Å². The third kappa shape index (κ3) is 4.28. The summed E-state index contributed by atoms with van der Waals surface area (Å²) in [7, 11) is 0. The van der Waals surface area contributed by atoms with Crippen molar-refractivity contribution >= 4 is 5.97 Å². The zero-order valence-electron chi connectivity index (χ0n) is 11.1. The van der Waals surface area contributed by atoms with Gasteiger partial charge in [-0.1, -0.05) is 13.8 Å². The van der Waals surface area contributed by atoms with E-state index < -0.39 is 5.97 Å². The smallest absolute Gasteiger partial charge is 0.304 e. The summed E-state index contributed by atoms with van der Waals surface area (Å²) in [4.78, 5) is 13.1. The van der Waals surface area contributed by atoms with Crippen molar-refractivity contribution in [3.8, 4) is 0 Å². The Balaban J connectivity index is 2.37. The Morgan fingerprint density at radius 3 is 2.24 bits per heavy atom. The third-order valence-electron chi connectivity index (χ3n) is 4.09. The van der Waals surface area contributed by atoms with Crippen LogP contribution in [-0.4, -0.2) is 41.1 Å². The minimum atomic E-state index is -0.775. The number of aliphatic carboxylic acids is 1. The SMILES string of the molecule is CCN(CC)C1CCC(C(N)CC(=O)O)CC1. The second-order valence-corrected chi connectivity index (χ2v) is 5.05. The number of rotatable bonds is 6. The summed E-state index contributed by atoms with van der Waals surface area (Å²) >= 11 is 0. The predicted octanol–water partition coefficient (Wildman–Crippen LogP) is 1.69. The van der Waals surface area contributed by atoms with Crippen molar-refractivity contribution in [3.63, 3.8) is 0 Å². The maximum Gasteiger partial charge on any atom is 0.304 e. The van der Waals surface area contributed by atoms with Crippen LogP contribution in [0.3, 0.4) is 0 Å². The van der Waals surface area contributed by atoms with Crippen LogP contribution in [0.5, 0.6) is 0 Å². The molecule has 0 amide bonds. The van der Waals surface area contributed by atoms with Gasteiger partial charge in [0.1, 0.15) is 0 Å². The number of nitrogens with zero attached hydrogens (tertiary/aromatic N) is 1. The molecule has 1 aliphatic rings. The molecule has 0 saturated heterocycles. The first-order chi connectivity index (χ1) is 8.08. The van der Waals surface area contributed by atoms with E-state index in [0.29, 0.717) is 12.0 Å². The maximum atomic E-state index is 10.6. The van der Waals surface area contributed by atoms with E-state index in [1.54, 1.807) is 0 Å². The molecule has 1 fully saturated rings. The number of hydrogen-bond acceptors (Lipinski definition) is 3. The number of hydrogen-bond donors (Lipinski definition) is 2. The second kappa shape index (κ2) is 6.97. The molecule has 0 spiro atoms. The highest BCUT2D eigenvalue weighted by atomic mass is 16.4. The molecule has 3 N–H and O–H groups in total. The lowest BCUT2D eigenvalue weighted by Gasteiger charge is -2.37. The minimum absolute atomic E-state index is 0.112. The van der Waals surface area contributed by atoms with Crippen molar-refractivity contribution < 1.29 is 9.90 Å². The van der Waals surface area contributed by atoms with Crippen molar-refractivity contribution in [2.45, 2.75) is 58.0 Å². The molecule has 0 aromatic rings. The van der Waals surface area contributed by atoms with Crippen molar-refractivity contribution in [3.05, 3.63) is 0 Å². The molecule has 0 heterocycles. The summed E-state index contributed by atoms with van der Waals surface area (Å²) < 4.78 is 0. The van der Waals surface area contributed by atoms with E-state index in [1.165, 1.54) is 12.8 Å². The zero-order valence-corrected chi connectivity index (χ0v) is 11.1. The Morgan fingerprint density at radius 2 is 1.82 bits per heavy atom.